The molecule has 1 aromatic heterocycles. The number of unbranched alkanes of at least 4 members (excludes halogenated alkanes) is 4. The Labute approximate surface area is 212 Å². The number of aromatic nitrogens is 2. The highest BCUT2D eigenvalue weighted by atomic mass is 16.5. The smallest absolute Gasteiger partial charge is 0.328 e. The number of nitrogens with one attached hydrogen (secondary N) is 1. The minimum absolute atomic E-state index is 0.311. The third kappa shape index (κ3) is 5.92. The molecular weight excluding hydrogens is 448 g/mol. The summed E-state index contributed by atoms with van der Waals surface area (Å²) < 4.78 is 8.42. The maximum Gasteiger partial charge on any atom is 0.328 e. The lowest BCUT2D eigenvalue weighted by Gasteiger charge is -2.36. The van der Waals surface area contributed by atoms with E-state index < -0.39 is 5.60 Å². The Balaban J connectivity index is 1.39. The van der Waals surface area contributed by atoms with Crippen LogP contribution in [0.2, 0.25) is 0 Å². The molecule has 0 spiro atoms. The summed E-state index contributed by atoms with van der Waals surface area (Å²) in [6.45, 7) is 2.97. The summed E-state index contributed by atoms with van der Waals surface area (Å²) in [7, 11) is 0. The Morgan fingerprint density at radius 1 is 0.694 bits per heavy atom. The van der Waals surface area contributed by atoms with Crippen molar-refractivity contribution in [2.45, 2.75) is 51.2 Å². The number of hydrogen-bond acceptors (Lipinski definition) is 3. The molecule has 0 radical (unpaired) electrons. The zero-order valence-corrected chi connectivity index (χ0v) is 20.9. The van der Waals surface area contributed by atoms with Gasteiger partial charge in [0.25, 0.3) is 5.56 Å². The van der Waals surface area contributed by atoms with Crippen molar-refractivity contribution in [2.24, 2.45) is 0 Å². The van der Waals surface area contributed by atoms with Crippen LogP contribution in [0.4, 0.5) is 0 Å². The molecule has 0 fully saturated rings. The SMILES string of the molecule is Cc1cn(CCCCCCCOC(c2ccccc2)(c2ccccc2)c2ccccc2)c(=O)[nH]c1=O. The number of benzene rings is 3. The predicted octanol–water partition coefficient (Wildman–Crippen LogP) is 5.80. The highest BCUT2D eigenvalue weighted by Crippen LogP contribution is 2.40. The molecule has 0 saturated heterocycles. The summed E-state index contributed by atoms with van der Waals surface area (Å²) >= 11 is 0. The molecule has 0 aliphatic carbocycles. The van der Waals surface area contributed by atoms with Gasteiger partial charge in [0.1, 0.15) is 5.60 Å². The zero-order chi connectivity index (χ0) is 25.2. The topological polar surface area (TPSA) is 64.1 Å². The van der Waals surface area contributed by atoms with Crippen LogP contribution in [0.25, 0.3) is 0 Å². The van der Waals surface area contributed by atoms with E-state index in [0.29, 0.717) is 18.7 Å². The molecule has 0 aliphatic heterocycles. The molecule has 0 amide bonds. The van der Waals surface area contributed by atoms with Crippen LogP contribution in [-0.2, 0) is 16.9 Å². The van der Waals surface area contributed by atoms with E-state index in [9.17, 15) is 9.59 Å². The fraction of sp³-hybridized carbons (Fsp3) is 0.290. The van der Waals surface area contributed by atoms with Gasteiger partial charge in [0, 0.05) is 24.9 Å². The highest BCUT2D eigenvalue weighted by Gasteiger charge is 2.37. The van der Waals surface area contributed by atoms with Gasteiger partial charge in [0.15, 0.2) is 0 Å². The molecule has 0 atom stereocenters. The molecule has 0 bridgehead atoms. The fourth-order valence-corrected chi connectivity index (χ4v) is 4.69. The van der Waals surface area contributed by atoms with Gasteiger partial charge in [-0.05, 0) is 36.5 Å². The molecule has 4 rings (SSSR count). The molecule has 4 aromatic rings. The highest BCUT2D eigenvalue weighted by molar-refractivity contribution is 5.47. The van der Waals surface area contributed by atoms with Crippen LogP contribution in [0, 0.1) is 6.92 Å². The molecule has 1 N–H and O–H groups in total. The van der Waals surface area contributed by atoms with Gasteiger partial charge in [0.2, 0.25) is 0 Å². The van der Waals surface area contributed by atoms with Gasteiger partial charge in [0.05, 0.1) is 0 Å². The van der Waals surface area contributed by atoms with Crippen molar-refractivity contribution in [3.05, 3.63) is 140 Å². The van der Waals surface area contributed by atoms with Gasteiger partial charge in [-0.15, -0.1) is 0 Å². The lowest BCUT2D eigenvalue weighted by molar-refractivity contribution is 0.0106. The number of rotatable bonds is 12. The first-order chi connectivity index (χ1) is 17.6. The third-order valence-corrected chi connectivity index (χ3v) is 6.59. The van der Waals surface area contributed by atoms with Crippen molar-refractivity contribution >= 4 is 0 Å². The molecular formula is C31H34N2O3. The molecule has 3 aromatic carbocycles. The monoisotopic (exact) mass is 482 g/mol. The van der Waals surface area contributed by atoms with E-state index in [1.54, 1.807) is 17.7 Å². The van der Waals surface area contributed by atoms with Crippen LogP contribution in [0.15, 0.2) is 107 Å². The van der Waals surface area contributed by atoms with E-state index in [4.69, 9.17) is 4.74 Å². The number of H-pyrrole nitrogens is 1. The van der Waals surface area contributed by atoms with Crippen molar-refractivity contribution < 1.29 is 4.74 Å². The number of aromatic amines is 1. The van der Waals surface area contributed by atoms with Crippen LogP contribution >= 0.6 is 0 Å². The number of nitrogens with zero attached hydrogens (tertiary/aromatic N) is 1. The normalized spacial score (nSPS) is 11.5. The average molecular weight is 483 g/mol. The van der Waals surface area contributed by atoms with E-state index in [-0.39, 0.29) is 11.2 Å². The Morgan fingerprint density at radius 2 is 1.17 bits per heavy atom. The molecule has 5 heteroatoms. The van der Waals surface area contributed by atoms with Crippen molar-refractivity contribution in [3.63, 3.8) is 0 Å². The maximum atomic E-state index is 11.9. The molecule has 1 heterocycles. The maximum absolute atomic E-state index is 11.9. The Bertz CT molecular complexity index is 1230. The van der Waals surface area contributed by atoms with Crippen molar-refractivity contribution in [3.8, 4) is 0 Å². The first-order valence-electron chi connectivity index (χ1n) is 12.7. The Morgan fingerprint density at radius 3 is 1.69 bits per heavy atom. The van der Waals surface area contributed by atoms with Gasteiger partial charge in [-0.25, -0.2) is 4.79 Å². The molecule has 5 nitrogen and oxygen atoms in total. The Hall–Kier alpha value is -3.70. The van der Waals surface area contributed by atoms with E-state index in [1.165, 1.54) is 0 Å². The summed E-state index contributed by atoms with van der Waals surface area (Å²) in [5, 5.41) is 0. The molecule has 0 saturated carbocycles. The van der Waals surface area contributed by atoms with Crippen LogP contribution in [0.5, 0.6) is 0 Å². The van der Waals surface area contributed by atoms with Gasteiger partial charge in [-0.3, -0.25) is 9.78 Å². The quantitative estimate of drug-likeness (QED) is 0.205. The molecule has 0 unspecified atom stereocenters. The number of hydrogen-bond donors (Lipinski definition) is 1. The first kappa shape index (κ1) is 25.4. The standard InChI is InChI=1S/C31H34N2O3/c1-25-24-33(30(35)32-29(25)34)22-14-3-2-4-15-23-36-31(26-16-8-5-9-17-26,27-18-10-6-11-19-27)28-20-12-7-13-21-28/h5-13,16-21,24H,2-4,14-15,22-23H2,1H3,(H,32,34,35). The van der Waals surface area contributed by atoms with Crippen molar-refractivity contribution in [1.82, 2.24) is 9.55 Å². The number of ether oxygens (including phenoxy) is 1. The van der Waals surface area contributed by atoms with Crippen molar-refractivity contribution in [2.75, 3.05) is 6.61 Å². The van der Waals surface area contributed by atoms with Crippen LogP contribution < -0.4 is 11.2 Å². The second-order valence-corrected chi connectivity index (χ2v) is 9.16. The summed E-state index contributed by atoms with van der Waals surface area (Å²) in [6.07, 6.45) is 6.63. The van der Waals surface area contributed by atoms with Gasteiger partial charge >= 0.3 is 5.69 Å². The van der Waals surface area contributed by atoms with Gasteiger partial charge in [-0.1, -0.05) is 110 Å². The largest absolute Gasteiger partial charge is 0.361 e. The third-order valence-electron chi connectivity index (χ3n) is 6.59. The van der Waals surface area contributed by atoms with E-state index in [0.717, 1.165) is 48.8 Å². The van der Waals surface area contributed by atoms with Gasteiger partial charge < -0.3 is 9.30 Å². The van der Waals surface area contributed by atoms with E-state index >= 15 is 0 Å². The molecule has 36 heavy (non-hydrogen) atoms. The Kier molecular flexibility index (Phi) is 8.69. The fourth-order valence-electron chi connectivity index (χ4n) is 4.69. The molecule has 186 valence electrons. The van der Waals surface area contributed by atoms with Crippen molar-refractivity contribution in [1.29, 1.82) is 0 Å². The van der Waals surface area contributed by atoms with Crippen LogP contribution in [0.1, 0.15) is 54.4 Å². The van der Waals surface area contributed by atoms with Crippen LogP contribution in [-0.4, -0.2) is 16.2 Å². The molecule has 0 aliphatic rings. The summed E-state index contributed by atoms with van der Waals surface area (Å²) in [6, 6.07) is 31.3. The predicted molar refractivity (Wildman–Crippen MR) is 144 cm³/mol. The summed E-state index contributed by atoms with van der Waals surface area (Å²) in [4.78, 5) is 25.8. The average Bonchev–Trinajstić information content (AvgIpc) is 2.92. The minimum Gasteiger partial charge on any atom is -0.361 e. The van der Waals surface area contributed by atoms with Gasteiger partial charge in [-0.2, -0.15) is 0 Å². The van der Waals surface area contributed by atoms with E-state index in [2.05, 4.69) is 77.8 Å². The van der Waals surface area contributed by atoms with Crippen LogP contribution in [0.3, 0.4) is 0 Å². The second kappa shape index (κ2) is 12.3. The first-order valence-corrected chi connectivity index (χ1v) is 12.7. The number of aryl methyl sites for hydroxylation is 2. The summed E-state index contributed by atoms with van der Waals surface area (Å²) in [5.41, 5.74) is 2.59. The van der Waals surface area contributed by atoms with E-state index in [1.807, 2.05) is 18.2 Å². The summed E-state index contributed by atoms with van der Waals surface area (Å²) in [5.74, 6) is 0. The second-order valence-electron chi connectivity index (χ2n) is 9.16. The zero-order valence-electron chi connectivity index (χ0n) is 20.9. The lowest BCUT2D eigenvalue weighted by Crippen LogP contribution is -2.33. The minimum atomic E-state index is -0.674. The lowest BCUT2D eigenvalue weighted by atomic mass is 9.80.